The van der Waals surface area contributed by atoms with E-state index in [2.05, 4.69) is 15.5 Å². The Morgan fingerprint density at radius 1 is 1.45 bits per heavy atom. The van der Waals surface area contributed by atoms with E-state index in [0.717, 1.165) is 10.9 Å². The summed E-state index contributed by atoms with van der Waals surface area (Å²) >= 11 is 0. The number of sulfonamides is 1. The van der Waals surface area contributed by atoms with Crippen LogP contribution in [0.4, 0.5) is 5.69 Å². The van der Waals surface area contributed by atoms with Gasteiger partial charge >= 0.3 is 0 Å². The third kappa shape index (κ3) is 3.12. The Hall–Kier alpha value is -1.93. The summed E-state index contributed by atoms with van der Waals surface area (Å²) in [7, 11) is -3.25. The molecule has 118 valence electrons. The number of hydrogen-bond acceptors (Lipinski definition) is 4. The lowest BCUT2D eigenvalue weighted by Crippen LogP contribution is -2.43. The highest BCUT2D eigenvalue weighted by Crippen LogP contribution is 2.22. The number of piperidine rings is 1. The fraction of sp³-hybridized carbons (Fsp3) is 0.429. The van der Waals surface area contributed by atoms with Crippen LogP contribution in [-0.4, -0.2) is 48.2 Å². The molecule has 1 fully saturated rings. The number of aromatic nitrogens is 2. The van der Waals surface area contributed by atoms with Gasteiger partial charge in [-0.15, -0.1) is 0 Å². The summed E-state index contributed by atoms with van der Waals surface area (Å²) in [5.41, 5.74) is 1.53. The molecule has 7 nitrogen and oxygen atoms in total. The average Bonchev–Trinajstić information content (AvgIpc) is 2.94. The molecular weight excluding hydrogens is 304 g/mol. The lowest BCUT2D eigenvalue weighted by atomic mass is 9.98. The van der Waals surface area contributed by atoms with Crippen LogP contribution in [0.25, 0.3) is 10.9 Å². The monoisotopic (exact) mass is 322 g/mol. The topological polar surface area (TPSA) is 95.2 Å². The number of benzene rings is 1. The quantitative estimate of drug-likeness (QED) is 0.887. The molecule has 1 unspecified atom stereocenters. The van der Waals surface area contributed by atoms with Crippen molar-refractivity contribution in [3.05, 3.63) is 24.4 Å². The van der Waals surface area contributed by atoms with Gasteiger partial charge in [0.1, 0.15) is 0 Å². The van der Waals surface area contributed by atoms with Crippen LogP contribution in [0.1, 0.15) is 12.8 Å². The van der Waals surface area contributed by atoms with Crippen LogP contribution < -0.4 is 5.32 Å². The first-order valence-corrected chi connectivity index (χ1v) is 8.97. The summed E-state index contributed by atoms with van der Waals surface area (Å²) < 4.78 is 24.6. The minimum absolute atomic E-state index is 0.146. The fourth-order valence-electron chi connectivity index (χ4n) is 2.72. The first kappa shape index (κ1) is 15.0. The first-order chi connectivity index (χ1) is 10.4. The largest absolute Gasteiger partial charge is 0.326 e. The maximum absolute atomic E-state index is 12.4. The van der Waals surface area contributed by atoms with Crippen LogP contribution in [0.15, 0.2) is 24.4 Å². The van der Waals surface area contributed by atoms with E-state index in [1.807, 2.05) is 18.2 Å². The van der Waals surface area contributed by atoms with E-state index in [-0.39, 0.29) is 18.4 Å². The van der Waals surface area contributed by atoms with Crippen LogP contribution >= 0.6 is 0 Å². The lowest BCUT2D eigenvalue weighted by Gasteiger charge is -2.30. The van der Waals surface area contributed by atoms with Crippen LogP contribution in [0.3, 0.4) is 0 Å². The number of anilines is 1. The van der Waals surface area contributed by atoms with Gasteiger partial charge in [0, 0.05) is 24.2 Å². The molecule has 2 heterocycles. The molecule has 1 aliphatic rings. The number of aromatic amines is 1. The second-order valence-electron chi connectivity index (χ2n) is 5.62. The third-order valence-electron chi connectivity index (χ3n) is 3.93. The zero-order valence-electron chi connectivity index (χ0n) is 12.2. The fourth-order valence-corrected chi connectivity index (χ4v) is 3.63. The third-order valence-corrected chi connectivity index (χ3v) is 5.20. The zero-order chi connectivity index (χ0) is 15.7. The standard InChI is InChI=1S/C14H18N4O3S/c1-22(20,21)18-6-2-3-11(9-18)14(19)16-12-5-4-10-8-15-17-13(10)7-12/h4-5,7-8,11H,2-3,6,9H2,1H3,(H,15,17)(H,16,19). The summed E-state index contributed by atoms with van der Waals surface area (Å²) in [5, 5.41) is 10.6. The number of rotatable bonds is 3. The SMILES string of the molecule is CS(=O)(=O)N1CCCC(C(=O)Nc2ccc3cn[nH]c3c2)C1. The minimum atomic E-state index is -3.25. The van der Waals surface area contributed by atoms with Gasteiger partial charge in [-0.2, -0.15) is 5.10 Å². The Morgan fingerprint density at radius 2 is 2.27 bits per heavy atom. The van der Waals surface area contributed by atoms with Crippen molar-refractivity contribution in [2.75, 3.05) is 24.7 Å². The van der Waals surface area contributed by atoms with Crippen molar-refractivity contribution in [1.82, 2.24) is 14.5 Å². The van der Waals surface area contributed by atoms with E-state index < -0.39 is 10.0 Å². The van der Waals surface area contributed by atoms with E-state index in [9.17, 15) is 13.2 Å². The summed E-state index contributed by atoms with van der Waals surface area (Å²) in [4.78, 5) is 12.4. The highest BCUT2D eigenvalue weighted by molar-refractivity contribution is 7.88. The van der Waals surface area contributed by atoms with Crippen molar-refractivity contribution in [1.29, 1.82) is 0 Å². The molecule has 0 aliphatic carbocycles. The van der Waals surface area contributed by atoms with Crippen molar-refractivity contribution in [3.63, 3.8) is 0 Å². The van der Waals surface area contributed by atoms with Gasteiger partial charge < -0.3 is 5.32 Å². The number of fused-ring (bicyclic) bond motifs is 1. The molecule has 2 N–H and O–H groups in total. The van der Waals surface area contributed by atoms with Crippen molar-refractivity contribution in [2.24, 2.45) is 5.92 Å². The van der Waals surface area contributed by atoms with Gasteiger partial charge in [-0.25, -0.2) is 12.7 Å². The molecule has 1 atom stereocenters. The Labute approximate surface area is 128 Å². The van der Waals surface area contributed by atoms with Crippen molar-refractivity contribution in [2.45, 2.75) is 12.8 Å². The van der Waals surface area contributed by atoms with Gasteiger partial charge in [0.15, 0.2) is 0 Å². The predicted octanol–water partition coefficient (Wildman–Crippen LogP) is 1.17. The molecule has 0 saturated carbocycles. The number of H-pyrrole nitrogens is 1. The van der Waals surface area contributed by atoms with Gasteiger partial charge in [0.25, 0.3) is 0 Å². The number of amides is 1. The highest BCUT2D eigenvalue weighted by atomic mass is 32.2. The average molecular weight is 322 g/mol. The van der Waals surface area contributed by atoms with Crippen LogP contribution in [-0.2, 0) is 14.8 Å². The molecule has 2 aromatic rings. The van der Waals surface area contributed by atoms with Gasteiger partial charge in [-0.3, -0.25) is 9.89 Å². The Morgan fingerprint density at radius 3 is 3.05 bits per heavy atom. The van der Waals surface area contributed by atoms with E-state index in [0.29, 0.717) is 25.1 Å². The van der Waals surface area contributed by atoms with E-state index in [1.165, 1.54) is 10.6 Å². The Balaban J connectivity index is 1.70. The van der Waals surface area contributed by atoms with Crippen molar-refractivity contribution >= 4 is 32.5 Å². The Kier molecular flexibility index (Phi) is 3.88. The summed E-state index contributed by atoms with van der Waals surface area (Å²) in [5.74, 6) is -0.465. The van der Waals surface area contributed by atoms with Crippen LogP contribution in [0, 0.1) is 5.92 Å². The number of nitrogens with zero attached hydrogens (tertiary/aromatic N) is 2. The van der Waals surface area contributed by atoms with E-state index in [1.54, 1.807) is 6.20 Å². The molecule has 22 heavy (non-hydrogen) atoms. The summed E-state index contributed by atoms with van der Waals surface area (Å²) in [6.45, 7) is 0.736. The van der Waals surface area contributed by atoms with Gasteiger partial charge in [-0.1, -0.05) is 0 Å². The number of hydrogen-bond donors (Lipinski definition) is 2. The number of nitrogens with one attached hydrogen (secondary N) is 2. The van der Waals surface area contributed by atoms with Crippen LogP contribution in [0.2, 0.25) is 0 Å². The molecule has 1 aromatic carbocycles. The van der Waals surface area contributed by atoms with Crippen molar-refractivity contribution < 1.29 is 13.2 Å². The molecule has 0 spiro atoms. The molecule has 1 aliphatic heterocycles. The number of carbonyl (C=O) groups excluding carboxylic acids is 1. The van der Waals surface area contributed by atoms with Gasteiger partial charge in [0.2, 0.25) is 15.9 Å². The van der Waals surface area contributed by atoms with E-state index >= 15 is 0 Å². The van der Waals surface area contributed by atoms with Crippen LogP contribution in [0.5, 0.6) is 0 Å². The highest BCUT2D eigenvalue weighted by Gasteiger charge is 2.30. The number of carbonyl (C=O) groups is 1. The smallest absolute Gasteiger partial charge is 0.228 e. The summed E-state index contributed by atoms with van der Waals surface area (Å²) in [6, 6.07) is 5.50. The molecule has 1 amide bonds. The minimum Gasteiger partial charge on any atom is -0.326 e. The summed E-state index contributed by atoms with van der Waals surface area (Å²) in [6.07, 6.45) is 4.29. The molecular formula is C14H18N4O3S. The predicted molar refractivity (Wildman–Crippen MR) is 83.9 cm³/mol. The lowest BCUT2D eigenvalue weighted by molar-refractivity contribution is -0.120. The molecule has 3 rings (SSSR count). The van der Waals surface area contributed by atoms with Crippen molar-refractivity contribution in [3.8, 4) is 0 Å². The molecule has 0 radical (unpaired) electrons. The first-order valence-electron chi connectivity index (χ1n) is 7.12. The maximum Gasteiger partial charge on any atom is 0.228 e. The molecule has 0 bridgehead atoms. The second kappa shape index (κ2) is 5.69. The van der Waals surface area contributed by atoms with Gasteiger partial charge in [0.05, 0.1) is 23.9 Å². The molecule has 8 heteroatoms. The van der Waals surface area contributed by atoms with E-state index in [4.69, 9.17) is 0 Å². The Bertz CT molecular complexity index is 799. The molecule has 1 saturated heterocycles. The van der Waals surface area contributed by atoms with Gasteiger partial charge in [-0.05, 0) is 31.0 Å². The molecule has 1 aromatic heterocycles. The second-order valence-corrected chi connectivity index (χ2v) is 7.60. The maximum atomic E-state index is 12.4. The normalized spacial score (nSPS) is 20.1. The zero-order valence-corrected chi connectivity index (χ0v) is 13.1.